The van der Waals surface area contributed by atoms with Crippen molar-refractivity contribution in [1.82, 2.24) is 10.6 Å². The van der Waals surface area contributed by atoms with E-state index in [0.717, 1.165) is 24.4 Å². The van der Waals surface area contributed by atoms with Gasteiger partial charge >= 0.3 is 0 Å². The first-order valence-electron chi connectivity index (χ1n) is 8.38. The van der Waals surface area contributed by atoms with Crippen LogP contribution in [0.3, 0.4) is 0 Å². The second kappa shape index (κ2) is 10.5. The van der Waals surface area contributed by atoms with Crippen LogP contribution in [0.1, 0.15) is 38.7 Å². The molecule has 2 rings (SSSR count). The summed E-state index contributed by atoms with van der Waals surface area (Å²) in [7, 11) is 0. The van der Waals surface area contributed by atoms with Crippen LogP contribution >= 0.6 is 12.4 Å². The van der Waals surface area contributed by atoms with Crippen LogP contribution in [0.4, 0.5) is 0 Å². The van der Waals surface area contributed by atoms with Crippen LogP contribution in [-0.4, -0.2) is 25.6 Å². The summed E-state index contributed by atoms with van der Waals surface area (Å²) in [4.78, 5) is 12.1. The summed E-state index contributed by atoms with van der Waals surface area (Å²) in [6.07, 6.45) is 2.99. The number of benzene rings is 1. The molecule has 0 aromatic heterocycles. The van der Waals surface area contributed by atoms with Gasteiger partial charge in [-0.2, -0.15) is 0 Å². The highest BCUT2D eigenvalue weighted by Gasteiger charge is 2.21. The number of piperidine rings is 1. The van der Waals surface area contributed by atoms with Crippen LogP contribution < -0.4 is 15.4 Å². The molecule has 1 unspecified atom stereocenters. The summed E-state index contributed by atoms with van der Waals surface area (Å²) in [5.74, 6) is 2.13. The van der Waals surface area contributed by atoms with Crippen LogP contribution in [0.25, 0.3) is 0 Å². The van der Waals surface area contributed by atoms with Gasteiger partial charge in [-0.05, 0) is 62.4 Å². The number of hydrogen-bond acceptors (Lipinski definition) is 3. The maximum absolute atomic E-state index is 12.1. The Labute approximate surface area is 145 Å². The highest BCUT2D eigenvalue weighted by molar-refractivity contribution is 5.85. The second-order valence-electron chi connectivity index (χ2n) is 6.13. The number of rotatable bonds is 7. The molecule has 23 heavy (non-hydrogen) atoms. The molecule has 1 heterocycles. The zero-order valence-corrected chi connectivity index (χ0v) is 15.0. The van der Waals surface area contributed by atoms with Gasteiger partial charge in [-0.15, -0.1) is 12.4 Å². The Morgan fingerprint density at radius 1 is 1.39 bits per heavy atom. The molecule has 1 atom stereocenters. The third kappa shape index (κ3) is 6.80. The summed E-state index contributed by atoms with van der Waals surface area (Å²) in [6, 6.07) is 7.90. The van der Waals surface area contributed by atoms with Crippen LogP contribution in [0.5, 0.6) is 5.75 Å². The van der Waals surface area contributed by atoms with Gasteiger partial charge in [-0.1, -0.05) is 19.1 Å². The van der Waals surface area contributed by atoms with E-state index in [1.165, 1.54) is 12.8 Å². The number of carbonyl (C=O) groups excluding carboxylic acids is 1. The summed E-state index contributed by atoms with van der Waals surface area (Å²) >= 11 is 0. The molecule has 1 aromatic carbocycles. The summed E-state index contributed by atoms with van der Waals surface area (Å²) < 4.78 is 5.48. The van der Waals surface area contributed by atoms with Crippen LogP contribution in [0, 0.1) is 11.8 Å². The molecule has 1 aromatic rings. The molecule has 5 heteroatoms. The summed E-state index contributed by atoms with van der Waals surface area (Å²) in [6.45, 7) is 7.56. The summed E-state index contributed by atoms with van der Waals surface area (Å²) in [5.41, 5.74) is 1.08. The molecule has 1 saturated heterocycles. The van der Waals surface area contributed by atoms with Crippen molar-refractivity contribution >= 4 is 18.3 Å². The summed E-state index contributed by atoms with van der Waals surface area (Å²) in [5, 5.41) is 6.40. The lowest BCUT2D eigenvalue weighted by atomic mass is 9.84. The van der Waals surface area contributed by atoms with Crippen molar-refractivity contribution in [1.29, 1.82) is 0 Å². The van der Waals surface area contributed by atoms with E-state index in [-0.39, 0.29) is 18.3 Å². The maximum Gasteiger partial charge on any atom is 0.220 e. The molecule has 0 saturated carbocycles. The van der Waals surface area contributed by atoms with Gasteiger partial charge in [0.15, 0.2) is 0 Å². The van der Waals surface area contributed by atoms with Crippen molar-refractivity contribution in [3.8, 4) is 5.75 Å². The Bertz CT molecular complexity index is 476. The highest BCUT2D eigenvalue weighted by Crippen LogP contribution is 2.24. The molecule has 1 aliphatic rings. The molecule has 1 aliphatic heterocycles. The number of carbonyl (C=O) groups is 1. The van der Waals surface area contributed by atoms with Crippen LogP contribution in [-0.2, 0) is 11.3 Å². The van der Waals surface area contributed by atoms with Gasteiger partial charge < -0.3 is 15.4 Å². The number of ether oxygens (including phenoxy) is 1. The van der Waals surface area contributed by atoms with E-state index in [1.807, 2.05) is 31.2 Å². The Balaban J connectivity index is 0.00000264. The van der Waals surface area contributed by atoms with Gasteiger partial charge in [-0.3, -0.25) is 4.79 Å². The molecule has 1 amide bonds. The number of nitrogens with one attached hydrogen (secondary N) is 2. The van der Waals surface area contributed by atoms with Gasteiger partial charge in [0.2, 0.25) is 5.91 Å². The van der Waals surface area contributed by atoms with Crippen molar-refractivity contribution in [2.75, 3.05) is 19.7 Å². The fourth-order valence-electron chi connectivity index (χ4n) is 3.06. The van der Waals surface area contributed by atoms with Crippen LogP contribution in [0.15, 0.2) is 24.3 Å². The number of hydrogen-bond donors (Lipinski definition) is 2. The largest absolute Gasteiger partial charge is 0.494 e. The number of amides is 1. The molecular weight excluding hydrogens is 312 g/mol. The van der Waals surface area contributed by atoms with Crippen molar-refractivity contribution in [3.63, 3.8) is 0 Å². The smallest absolute Gasteiger partial charge is 0.220 e. The quantitative estimate of drug-likeness (QED) is 0.801. The fourth-order valence-corrected chi connectivity index (χ4v) is 3.06. The second-order valence-corrected chi connectivity index (χ2v) is 6.13. The minimum Gasteiger partial charge on any atom is -0.494 e. The predicted molar refractivity (Wildman–Crippen MR) is 96.1 cm³/mol. The SMILES string of the molecule is CCOc1cccc(CNC(=O)CC(C)C2CCNCC2)c1.Cl. The van der Waals surface area contributed by atoms with E-state index in [9.17, 15) is 4.79 Å². The average molecular weight is 341 g/mol. The van der Waals surface area contributed by atoms with E-state index in [1.54, 1.807) is 0 Å². The van der Waals surface area contributed by atoms with E-state index in [4.69, 9.17) is 4.74 Å². The third-order valence-corrected chi connectivity index (χ3v) is 4.40. The first-order chi connectivity index (χ1) is 10.7. The fraction of sp³-hybridized carbons (Fsp3) is 0.611. The van der Waals surface area contributed by atoms with Gasteiger partial charge in [0, 0.05) is 13.0 Å². The van der Waals surface area contributed by atoms with Gasteiger partial charge in [0.05, 0.1) is 6.61 Å². The zero-order chi connectivity index (χ0) is 15.8. The van der Waals surface area contributed by atoms with Crippen molar-refractivity contribution in [2.45, 2.75) is 39.7 Å². The van der Waals surface area contributed by atoms with E-state index < -0.39 is 0 Å². The van der Waals surface area contributed by atoms with Crippen LogP contribution in [0.2, 0.25) is 0 Å². The van der Waals surface area contributed by atoms with Crippen molar-refractivity contribution in [2.24, 2.45) is 11.8 Å². The molecular formula is C18H29ClN2O2. The highest BCUT2D eigenvalue weighted by atomic mass is 35.5. The molecule has 0 bridgehead atoms. The van der Waals surface area contributed by atoms with Crippen molar-refractivity contribution in [3.05, 3.63) is 29.8 Å². The maximum atomic E-state index is 12.1. The molecule has 0 spiro atoms. The Hall–Kier alpha value is -1.26. The normalized spacial score (nSPS) is 16.3. The molecule has 1 fully saturated rings. The number of halogens is 1. The Morgan fingerprint density at radius 3 is 2.83 bits per heavy atom. The minimum absolute atomic E-state index is 0. The molecule has 2 N–H and O–H groups in total. The topological polar surface area (TPSA) is 50.4 Å². The van der Waals surface area contributed by atoms with Gasteiger partial charge in [0.1, 0.15) is 5.75 Å². The molecule has 0 aliphatic carbocycles. The lowest BCUT2D eigenvalue weighted by molar-refractivity contribution is -0.122. The first-order valence-corrected chi connectivity index (χ1v) is 8.38. The molecule has 0 radical (unpaired) electrons. The van der Waals surface area contributed by atoms with E-state index in [2.05, 4.69) is 17.6 Å². The minimum atomic E-state index is 0. The average Bonchev–Trinajstić information content (AvgIpc) is 2.54. The van der Waals surface area contributed by atoms with E-state index in [0.29, 0.717) is 31.4 Å². The first kappa shape index (κ1) is 19.8. The van der Waals surface area contributed by atoms with E-state index >= 15 is 0 Å². The lowest BCUT2D eigenvalue weighted by Gasteiger charge is -2.27. The van der Waals surface area contributed by atoms with Crippen molar-refractivity contribution < 1.29 is 9.53 Å². The van der Waals surface area contributed by atoms with Gasteiger partial charge in [0.25, 0.3) is 0 Å². The molecule has 4 nitrogen and oxygen atoms in total. The standard InChI is InChI=1S/C18H28N2O2.ClH/c1-3-22-17-6-4-5-15(12-17)13-20-18(21)11-14(2)16-7-9-19-10-8-16;/h4-6,12,14,16,19H,3,7-11,13H2,1-2H3,(H,20,21);1H. The Kier molecular flexibility index (Phi) is 9.03. The monoisotopic (exact) mass is 340 g/mol. The zero-order valence-electron chi connectivity index (χ0n) is 14.1. The molecule has 130 valence electrons. The lowest BCUT2D eigenvalue weighted by Crippen LogP contribution is -2.33. The van der Waals surface area contributed by atoms with Gasteiger partial charge in [-0.25, -0.2) is 0 Å². The third-order valence-electron chi connectivity index (χ3n) is 4.40. The Morgan fingerprint density at radius 2 is 2.13 bits per heavy atom. The predicted octanol–water partition coefficient (Wildman–Crippen LogP) is 3.15.